The molecule has 0 unspecified atom stereocenters. The van der Waals surface area contributed by atoms with E-state index >= 15 is 0 Å². The molecule has 3 fully saturated rings. The molecular weight excluding hydrogens is 722 g/mol. The fourth-order valence-electron chi connectivity index (χ4n) is 5.01. The zero-order chi connectivity index (χ0) is 37.2. The third-order valence-corrected chi connectivity index (χ3v) is 8.78. The van der Waals surface area contributed by atoms with E-state index in [4.69, 9.17) is 5.11 Å². The number of carboxylic acid groups (broad SMARTS) is 1. The number of hydrogen-bond donors (Lipinski definition) is 2. The van der Waals surface area contributed by atoms with Gasteiger partial charge in [-0.15, -0.1) is 0 Å². The van der Waals surface area contributed by atoms with Crippen LogP contribution in [0.3, 0.4) is 0 Å². The minimum absolute atomic E-state index is 0.0953. The van der Waals surface area contributed by atoms with Crippen molar-refractivity contribution in [3.05, 3.63) is 76.5 Å². The second-order valence-corrected chi connectivity index (χ2v) is 13.0. The standard InChI is InChI=1S/C12H17N3O2.C11H15N3O2.C7H6BrNO2.C5H12N2/c1-14-5-7-15(8-6-14)10-3-4-11(13-9-10)12(16)17-2;1-13-4-6-14(7-5-13)9-2-3-10(11(15)16)12-8-9;1-11-7(10)6-3-2-5(8)4-9-6;1-7-4-2-6-3-5-7/h3-4,9H,5-8H2,1-2H3;2-3,8H,4-7H2,1H3,(H,15,16);2-4H,1H3;6H,2-5H2,1H3. The number of methoxy groups -OCH3 is 2. The fraction of sp³-hybridized carbons (Fsp3) is 0.486. The molecule has 0 radical (unpaired) electrons. The number of likely N-dealkylation sites (N-methyl/N-ethyl adjacent to an activating group) is 3. The van der Waals surface area contributed by atoms with Gasteiger partial charge in [-0.25, -0.2) is 29.3 Å². The number of rotatable bonds is 5. The summed E-state index contributed by atoms with van der Waals surface area (Å²) in [6, 6.07) is 10.3. The van der Waals surface area contributed by atoms with E-state index in [1.54, 1.807) is 42.9 Å². The average molecular weight is 773 g/mol. The van der Waals surface area contributed by atoms with Crippen LogP contribution < -0.4 is 15.1 Å². The Morgan fingerprint density at radius 1 is 0.608 bits per heavy atom. The van der Waals surface area contributed by atoms with Gasteiger partial charge in [-0.3, -0.25) is 0 Å². The minimum atomic E-state index is -0.982. The molecule has 0 bridgehead atoms. The van der Waals surface area contributed by atoms with Crippen LogP contribution in [0.4, 0.5) is 11.4 Å². The van der Waals surface area contributed by atoms with E-state index in [2.05, 4.69) is 91.3 Å². The van der Waals surface area contributed by atoms with Crippen molar-refractivity contribution >= 4 is 45.2 Å². The predicted molar refractivity (Wildman–Crippen MR) is 200 cm³/mol. The van der Waals surface area contributed by atoms with E-state index in [1.165, 1.54) is 27.3 Å². The zero-order valence-corrected chi connectivity index (χ0v) is 31.7. The number of carboxylic acids is 1. The maximum absolute atomic E-state index is 11.2. The Morgan fingerprint density at radius 2 is 1.00 bits per heavy atom. The number of ether oxygens (including phenoxy) is 2. The molecule has 6 rings (SSSR count). The third-order valence-electron chi connectivity index (χ3n) is 8.31. The van der Waals surface area contributed by atoms with Gasteiger partial charge >= 0.3 is 17.9 Å². The smallest absolute Gasteiger partial charge is 0.356 e. The molecule has 0 atom stereocenters. The molecule has 0 aliphatic carbocycles. The topological polar surface area (TPSA) is 157 Å². The van der Waals surface area contributed by atoms with Crippen LogP contribution >= 0.6 is 15.9 Å². The molecule has 0 amide bonds. The lowest BCUT2D eigenvalue weighted by Gasteiger charge is -2.33. The van der Waals surface area contributed by atoms with Crippen LogP contribution in [0.2, 0.25) is 0 Å². The Kier molecular flexibility index (Phi) is 17.7. The van der Waals surface area contributed by atoms with Crippen LogP contribution in [0, 0.1) is 0 Å². The Hall–Kier alpha value is -4.22. The van der Waals surface area contributed by atoms with Crippen LogP contribution in [-0.4, -0.2) is 167 Å². The van der Waals surface area contributed by atoms with Crippen molar-refractivity contribution in [2.45, 2.75) is 0 Å². The van der Waals surface area contributed by atoms with E-state index in [0.29, 0.717) is 11.4 Å². The first-order chi connectivity index (χ1) is 24.5. The van der Waals surface area contributed by atoms with Gasteiger partial charge in [-0.1, -0.05) is 0 Å². The summed E-state index contributed by atoms with van der Waals surface area (Å²) in [5.41, 5.74) is 2.82. The molecule has 278 valence electrons. The van der Waals surface area contributed by atoms with Gasteiger partial charge in [0, 0.05) is 89.2 Å². The lowest BCUT2D eigenvalue weighted by Crippen LogP contribution is -2.44. The number of piperazine rings is 3. The molecule has 51 heavy (non-hydrogen) atoms. The number of pyridine rings is 3. The van der Waals surface area contributed by atoms with Gasteiger partial charge < -0.3 is 44.4 Å². The summed E-state index contributed by atoms with van der Waals surface area (Å²) in [6.45, 7) is 12.8. The molecule has 15 nitrogen and oxygen atoms in total. The highest BCUT2D eigenvalue weighted by Gasteiger charge is 2.16. The van der Waals surface area contributed by atoms with Crippen molar-refractivity contribution in [2.75, 3.05) is 124 Å². The van der Waals surface area contributed by atoms with E-state index in [1.807, 2.05) is 12.1 Å². The van der Waals surface area contributed by atoms with Gasteiger partial charge in [-0.2, -0.15) is 0 Å². The Morgan fingerprint density at radius 3 is 1.31 bits per heavy atom. The first-order valence-electron chi connectivity index (χ1n) is 16.7. The highest BCUT2D eigenvalue weighted by Crippen LogP contribution is 2.16. The lowest BCUT2D eigenvalue weighted by molar-refractivity contribution is 0.0585. The SMILES string of the molecule is CN1CCN(c2ccc(C(=O)O)nc2)CC1.CN1CCNCC1.COC(=O)c1ccc(Br)cn1.COC(=O)c1ccc(N2CCN(C)CC2)cn1. The third kappa shape index (κ3) is 14.5. The summed E-state index contributed by atoms with van der Waals surface area (Å²) in [5, 5.41) is 12.0. The normalized spacial score (nSPS) is 16.6. The summed E-state index contributed by atoms with van der Waals surface area (Å²) in [5.74, 6) is -1.79. The number of carbonyl (C=O) groups is 3. The first kappa shape index (κ1) is 41.2. The monoisotopic (exact) mass is 771 g/mol. The van der Waals surface area contributed by atoms with Crippen molar-refractivity contribution in [3.63, 3.8) is 0 Å². The summed E-state index contributed by atoms with van der Waals surface area (Å²) < 4.78 is 9.91. The van der Waals surface area contributed by atoms with Crippen molar-refractivity contribution < 1.29 is 29.0 Å². The number of aromatic carboxylic acids is 1. The second kappa shape index (κ2) is 21.9. The number of halogens is 1. The quantitative estimate of drug-likeness (QED) is 0.364. The summed E-state index contributed by atoms with van der Waals surface area (Å²) in [6.07, 6.45) is 4.92. The highest BCUT2D eigenvalue weighted by atomic mass is 79.9. The molecule has 3 aliphatic rings. The van der Waals surface area contributed by atoms with Crippen molar-refractivity contribution in [3.8, 4) is 0 Å². The van der Waals surface area contributed by atoms with Crippen molar-refractivity contribution in [1.82, 2.24) is 35.0 Å². The number of nitrogens with one attached hydrogen (secondary N) is 1. The molecule has 2 N–H and O–H groups in total. The number of hydrogen-bond acceptors (Lipinski definition) is 14. The zero-order valence-electron chi connectivity index (χ0n) is 30.1. The molecule has 3 saturated heterocycles. The van der Waals surface area contributed by atoms with Crippen molar-refractivity contribution in [2.24, 2.45) is 0 Å². The van der Waals surface area contributed by atoms with E-state index in [-0.39, 0.29) is 5.69 Å². The number of esters is 2. The number of carbonyl (C=O) groups excluding carboxylic acids is 2. The minimum Gasteiger partial charge on any atom is -0.477 e. The number of anilines is 2. The molecule has 6 heterocycles. The first-order valence-corrected chi connectivity index (χ1v) is 17.5. The van der Waals surface area contributed by atoms with Gasteiger partial charge in [0.2, 0.25) is 0 Å². The van der Waals surface area contributed by atoms with Gasteiger partial charge in [0.05, 0.1) is 38.0 Å². The molecule has 0 aromatic carbocycles. The van der Waals surface area contributed by atoms with Gasteiger partial charge in [0.1, 0.15) is 17.1 Å². The number of nitrogens with zero attached hydrogens (tertiary/aromatic N) is 8. The van der Waals surface area contributed by atoms with Crippen molar-refractivity contribution in [1.29, 1.82) is 0 Å². The predicted octanol–water partition coefficient (Wildman–Crippen LogP) is 2.30. The second-order valence-electron chi connectivity index (χ2n) is 12.1. The van der Waals surface area contributed by atoms with E-state index in [0.717, 1.165) is 81.3 Å². The summed E-state index contributed by atoms with van der Waals surface area (Å²) >= 11 is 3.20. The van der Waals surface area contributed by atoms with E-state index in [9.17, 15) is 14.4 Å². The summed E-state index contributed by atoms with van der Waals surface area (Å²) in [4.78, 5) is 56.0. The highest BCUT2D eigenvalue weighted by molar-refractivity contribution is 9.10. The Labute approximate surface area is 308 Å². The molecule has 3 aromatic rings. The van der Waals surface area contributed by atoms with Gasteiger partial charge in [0.15, 0.2) is 0 Å². The lowest BCUT2D eigenvalue weighted by atomic mass is 10.2. The van der Waals surface area contributed by atoms with E-state index < -0.39 is 17.9 Å². The van der Waals surface area contributed by atoms with Crippen LogP contribution in [-0.2, 0) is 9.47 Å². The average Bonchev–Trinajstić information content (AvgIpc) is 3.16. The van der Waals surface area contributed by atoms with Crippen LogP contribution in [0.15, 0.2) is 59.5 Å². The van der Waals surface area contributed by atoms with Gasteiger partial charge in [-0.05, 0) is 73.5 Å². The number of aromatic nitrogens is 3. The Bertz CT molecular complexity index is 1480. The molecule has 3 aliphatic heterocycles. The van der Waals surface area contributed by atoms with Crippen LogP contribution in [0.25, 0.3) is 0 Å². The molecular formula is C35H50BrN9O6. The fourth-order valence-corrected chi connectivity index (χ4v) is 5.24. The largest absolute Gasteiger partial charge is 0.477 e. The molecule has 16 heteroatoms. The van der Waals surface area contributed by atoms with Gasteiger partial charge in [0.25, 0.3) is 0 Å². The molecule has 3 aromatic heterocycles. The maximum atomic E-state index is 11.2. The molecule has 0 saturated carbocycles. The Balaban J connectivity index is 0.000000192. The maximum Gasteiger partial charge on any atom is 0.356 e. The van der Waals surface area contributed by atoms with Crippen LogP contribution in [0.1, 0.15) is 31.5 Å². The molecule has 0 spiro atoms. The van der Waals surface area contributed by atoms with Crippen LogP contribution in [0.5, 0.6) is 0 Å². The summed E-state index contributed by atoms with van der Waals surface area (Å²) in [7, 11) is 9.06.